The smallest absolute Gasteiger partial charge is 0.442 e. The Morgan fingerprint density at radius 1 is 1.21 bits per heavy atom. The highest BCUT2D eigenvalue weighted by molar-refractivity contribution is 6.06. The molecule has 33 heavy (non-hydrogen) atoms. The predicted octanol–water partition coefficient (Wildman–Crippen LogP) is 5.50. The minimum atomic E-state index is -0.743. The van der Waals surface area contributed by atoms with E-state index in [0.717, 1.165) is 5.06 Å². The zero-order valence-electron chi connectivity index (χ0n) is 20.5. The van der Waals surface area contributed by atoms with Gasteiger partial charge in [-0.15, -0.1) is 5.06 Å². The maximum atomic E-state index is 15.3. The van der Waals surface area contributed by atoms with Gasteiger partial charge in [0, 0.05) is 24.7 Å². The van der Waals surface area contributed by atoms with E-state index in [-0.39, 0.29) is 23.3 Å². The minimum Gasteiger partial charge on any atom is -0.442 e. The minimum absolute atomic E-state index is 0.163. The number of aryl methyl sites for hydroxylation is 2. The van der Waals surface area contributed by atoms with Gasteiger partial charge in [-0.2, -0.15) is 0 Å². The van der Waals surface area contributed by atoms with Gasteiger partial charge in [-0.05, 0) is 64.5 Å². The molecule has 1 aromatic carbocycles. The van der Waals surface area contributed by atoms with Crippen molar-refractivity contribution < 1.29 is 18.8 Å². The quantitative estimate of drug-likeness (QED) is 0.374. The first-order valence-corrected chi connectivity index (χ1v) is 11.1. The molecule has 0 aliphatic rings. The molecule has 0 N–H and O–H groups in total. The van der Waals surface area contributed by atoms with E-state index in [1.54, 1.807) is 47.0 Å². The lowest BCUT2D eigenvalue weighted by Crippen LogP contribution is -2.45. The van der Waals surface area contributed by atoms with Crippen molar-refractivity contribution in [2.45, 2.75) is 66.5 Å². The van der Waals surface area contributed by atoms with Crippen molar-refractivity contribution in [2.24, 2.45) is 13.0 Å². The van der Waals surface area contributed by atoms with E-state index >= 15 is 4.39 Å². The molecule has 0 fully saturated rings. The fraction of sp³-hybridized carbons (Fsp3) is 0.480. The van der Waals surface area contributed by atoms with Crippen molar-refractivity contribution in [2.75, 3.05) is 0 Å². The number of benzene rings is 1. The van der Waals surface area contributed by atoms with E-state index in [9.17, 15) is 9.59 Å². The molecule has 0 radical (unpaired) electrons. The van der Waals surface area contributed by atoms with Gasteiger partial charge in [0.05, 0.1) is 22.6 Å². The van der Waals surface area contributed by atoms with Crippen molar-refractivity contribution in [1.29, 1.82) is 0 Å². The van der Waals surface area contributed by atoms with Gasteiger partial charge in [0.1, 0.15) is 5.60 Å². The van der Waals surface area contributed by atoms with Gasteiger partial charge in [-0.25, -0.2) is 9.18 Å². The van der Waals surface area contributed by atoms with Gasteiger partial charge >= 0.3 is 6.09 Å². The standard InChI is InChI=1S/C25H32FN3O4/c1-14(2)11-15(3)29(24(31)32-25(5,6)7)33-21-13-20-18(12-19(21)26)17-9-10-27-16(4)22(17)23(30)28(20)8/h9-10,12-15H,11H2,1-8H3/t15-/m0/s1. The second-order valence-corrected chi connectivity index (χ2v) is 9.86. The summed E-state index contributed by atoms with van der Waals surface area (Å²) in [5.41, 5.74) is 0.0784. The molecule has 1 atom stereocenters. The molecule has 0 spiro atoms. The largest absolute Gasteiger partial charge is 0.443 e. The predicted molar refractivity (Wildman–Crippen MR) is 127 cm³/mol. The van der Waals surface area contributed by atoms with Crippen LogP contribution in [-0.2, 0) is 11.8 Å². The monoisotopic (exact) mass is 457 g/mol. The van der Waals surface area contributed by atoms with Gasteiger partial charge in [-0.3, -0.25) is 9.78 Å². The SMILES string of the molecule is Cc1nccc2c1c(=O)n(C)c1cc(ON(C(=O)OC(C)(C)C)[C@@H](C)CC(C)C)c(F)cc21. The Kier molecular flexibility index (Phi) is 6.68. The number of rotatable bonds is 5. The highest BCUT2D eigenvalue weighted by Crippen LogP contribution is 2.31. The van der Waals surface area contributed by atoms with Crippen molar-refractivity contribution in [1.82, 2.24) is 14.6 Å². The number of carbonyl (C=O) groups excluding carboxylic acids is 1. The van der Waals surface area contributed by atoms with E-state index in [1.807, 2.05) is 20.8 Å². The highest BCUT2D eigenvalue weighted by atomic mass is 19.1. The maximum absolute atomic E-state index is 15.3. The molecule has 0 saturated carbocycles. The number of pyridine rings is 2. The Hall–Kier alpha value is -3.16. The third-order valence-corrected chi connectivity index (χ3v) is 5.34. The van der Waals surface area contributed by atoms with Crippen LogP contribution in [0.2, 0.25) is 0 Å². The number of hydroxylamine groups is 2. The molecule has 8 heteroatoms. The topological polar surface area (TPSA) is 73.7 Å². The van der Waals surface area contributed by atoms with E-state index < -0.39 is 17.5 Å². The fourth-order valence-corrected chi connectivity index (χ4v) is 3.94. The fourth-order valence-electron chi connectivity index (χ4n) is 3.94. The van der Waals surface area contributed by atoms with Gasteiger partial charge in [0.2, 0.25) is 0 Å². The first kappa shape index (κ1) is 24.5. The number of amides is 1. The summed E-state index contributed by atoms with van der Waals surface area (Å²) in [5, 5.41) is 2.69. The first-order chi connectivity index (χ1) is 15.3. The molecule has 0 unspecified atom stereocenters. The summed E-state index contributed by atoms with van der Waals surface area (Å²) < 4.78 is 22.2. The van der Waals surface area contributed by atoms with E-state index in [0.29, 0.717) is 33.8 Å². The van der Waals surface area contributed by atoms with Crippen molar-refractivity contribution in [3.63, 3.8) is 0 Å². The zero-order valence-corrected chi connectivity index (χ0v) is 20.5. The Balaban J connectivity index is 2.13. The Bertz CT molecular complexity index is 1260. The van der Waals surface area contributed by atoms with Crippen molar-refractivity contribution >= 4 is 27.8 Å². The van der Waals surface area contributed by atoms with Crippen LogP contribution in [0, 0.1) is 18.7 Å². The third-order valence-electron chi connectivity index (χ3n) is 5.34. The molecule has 7 nitrogen and oxygen atoms in total. The number of fused-ring (bicyclic) bond motifs is 3. The number of ether oxygens (including phenoxy) is 1. The van der Waals surface area contributed by atoms with Crippen LogP contribution in [0.15, 0.2) is 29.2 Å². The number of hydrogen-bond donors (Lipinski definition) is 0. The molecule has 2 aromatic heterocycles. The molecule has 0 bridgehead atoms. The molecule has 3 aromatic rings. The third kappa shape index (κ3) is 5.10. The maximum Gasteiger partial charge on any atom is 0.443 e. The molecule has 0 aliphatic heterocycles. The Labute approximate surface area is 193 Å². The molecule has 178 valence electrons. The molecular weight excluding hydrogens is 425 g/mol. The summed E-state index contributed by atoms with van der Waals surface area (Å²) in [5.74, 6) is -0.537. The van der Waals surface area contributed by atoms with Crippen molar-refractivity contribution in [3.8, 4) is 5.75 Å². The van der Waals surface area contributed by atoms with Crippen LogP contribution < -0.4 is 10.4 Å². The van der Waals surface area contributed by atoms with Gasteiger partial charge in [0.25, 0.3) is 5.56 Å². The van der Waals surface area contributed by atoms with Crippen molar-refractivity contribution in [3.05, 3.63) is 46.3 Å². The van der Waals surface area contributed by atoms with Gasteiger partial charge in [0.15, 0.2) is 11.6 Å². The van der Waals surface area contributed by atoms with Crippen LogP contribution >= 0.6 is 0 Å². The van der Waals surface area contributed by atoms with Crippen LogP contribution in [0.3, 0.4) is 0 Å². The number of nitrogens with zero attached hydrogens (tertiary/aromatic N) is 3. The number of halogens is 1. The van der Waals surface area contributed by atoms with Crippen LogP contribution in [0.1, 0.15) is 53.7 Å². The highest BCUT2D eigenvalue weighted by Gasteiger charge is 2.30. The molecule has 3 rings (SSSR count). The lowest BCUT2D eigenvalue weighted by molar-refractivity contribution is -0.0983. The van der Waals surface area contributed by atoms with E-state index in [2.05, 4.69) is 4.98 Å². The second kappa shape index (κ2) is 9.00. The summed E-state index contributed by atoms with van der Waals surface area (Å²) in [6.07, 6.45) is 1.52. The summed E-state index contributed by atoms with van der Waals surface area (Å²) in [7, 11) is 1.62. The van der Waals surface area contributed by atoms with Crippen LogP contribution in [0.4, 0.5) is 9.18 Å². The average molecular weight is 458 g/mol. The summed E-state index contributed by atoms with van der Waals surface area (Å²) in [4.78, 5) is 35.9. The number of aromatic nitrogens is 2. The van der Waals surface area contributed by atoms with E-state index in [4.69, 9.17) is 9.57 Å². The van der Waals surface area contributed by atoms with E-state index in [1.165, 1.54) is 16.7 Å². The normalized spacial score (nSPS) is 12.9. The summed E-state index contributed by atoms with van der Waals surface area (Å²) >= 11 is 0. The molecule has 0 aliphatic carbocycles. The average Bonchev–Trinajstić information content (AvgIpc) is 2.68. The van der Waals surface area contributed by atoms with Crippen LogP contribution in [0.5, 0.6) is 5.75 Å². The zero-order chi connectivity index (χ0) is 24.7. The Morgan fingerprint density at radius 2 is 1.88 bits per heavy atom. The number of carbonyl (C=O) groups is 1. The first-order valence-electron chi connectivity index (χ1n) is 11.1. The summed E-state index contributed by atoms with van der Waals surface area (Å²) in [6.45, 7) is 12.9. The van der Waals surface area contributed by atoms with Crippen LogP contribution in [-0.4, -0.2) is 32.4 Å². The second-order valence-electron chi connectivity index (χ2n) is 9.86. The summed E-state index contributed by atoms with van der Waals surface area (Å²) in [6, 6.07) is 4.10. The lowest BCUT2D eigenvalue weighted by Gasteiger charge is -2.31. The molecule has 2 heterocycles. The molecule has 0 saturated heterocycles. The Morgan fingerprint density at radius 3 is 2.48 bits per heavy atom. The van der Waals surface area contributed by atoms with Crippen LogP contribution in [0.25, 0.3) is 21.7 Å². The molecule has 1 amide bonds. The van der Waals surface area contributed by atoms with Gasteiger partial charge < -0.3 is 14.1 Å². The van der Waals surface area contributed by atoms with Gasteiger partial charge in [-0.1, -0.05) is 13.8 Å². The lowest BCUT2D eigenvalue weighted by atomic mass is 10.1. The number of hydrogen-bond acceptors (Lipinski definition) is 5. The molecular formula is C25H32FN3O4.